The van der Waals surface area contributed by atoms with Crippen molar-refractivity contribution in [2.75, 3.05) is 6.73 Å². The summed E-state index contributed by atoms with van der Waals surface area (Å²) >= 11 is 1.57. The molecular formula is C21H16N2O3S. The number of fused-ring (bicyclic) bond motifs is 3. The molecule has 5 nitrogen and oxygen atoms in total. The highest BCUT2D eigenvalue weighted by Crippen LogP contribution is 2.42. The third-order valence-electron chi connectivity index (χ3n) is 4.61. The Morgan fingerprint density at radius 2 is 2.15 bits per heavy atom. The number of nitrogens with zero attached hydrogens (tertiary/aromatic N) is 2. The van der Waals surface area contributed by atoms with Crippen LogP contribution >= 0.6 is 11.3 Å². The second-order valence-electron chi connectivity index (χ2n) is 6.46. The molecule has 2 aromatic heterocycles. The molecule has 0 unspecified atom stereocenters. The molecule has 0 saturated carbocycles. The number of thiophene rings is 1. The number of carbonyl (C=O) groups is 1. The zero-order valence-corrected chi connectivity index (χ0v) is 15.2. The van der Waals surface area contributed by atoms with Crippen LogP contribution in [0.3, 0.4) is 0 Å². The van der Waals surface area contributed by atoms with Gasteiger partial charge in [-0.1, -0.05) is 12.1 Å². The first kappa shape index (κ1) is 16.2. The van der Waals surface area contributed by atoms with Crippen LogP contribution in [0.25, 0.3) is 6.08 Å². The minimum atomic E-state index is -0.0805. The molecule has 0 spiro atoms. The molecule has 0 amide bonds. The molecule has 0 aliphatic carbocycles. The number of aromatic nitrogens is 1. The van der Waals surface area contributed by atoms with Crippen LogP contribution in [0, 0.1) is 0 Å². The van der Waals surface area contributed by atoms with Crippen molar-refractivity contribution in [2.24, 2.45) is 0 Å². The number of carbonyl (C=O) groups excluding carboxylic acids is 1. The summed E-state index contributed by atoms with van der Waals surface area (Å²) < 4.78 is 11.9. The van der Waals surface area contributed by atoms with Gasteiger partial charge < -0.3 is 9.47 Å². The van der Waals surface area contributed by atoms with E-state index in [4.69, 9.17) is 9.47 Å². The highest BCUT2D eigenvalue weighted by molar-refractivity contribution is 7.10. The second-order valence-corrected chi connectivity index (χ2v) is 7.43. The van der Waals surface area contributed by atoms with Crippen LogP contribution in [-0.4, -0.2) is 22.4 Å². The predicted octanol–water partition coefficient (Wildman–Crippen LogP) is 4.11. The summed E-state index contributed by atoms with van der Waals surface area (Å²) in [4.78, 5) is 20.2. The number of pyridine rings is 1. The van der Waals surface area contributed by atoms with Gasteiger partial charge in [-0.2, -0.15) is 0 Å². The van der Waals surface area contributed by atoms with Crippen molar-refractivity contribution < 1.29 is 14.3 Å². The standard InChI is InChI=1S/C21H16N2O3S/c24-20-16-6-7-18-17(21(16)26-19(20)10-15-5-3-9-27-15)12-23(13-25-18)11-14-4-1-2-8-22-14/h1-10H,11-13H2/b19-10-. The number of ether oxygens (including phenoxy) is 2. The third kappa shape index (κ3) is 3.03. The van der Waals surface area contributed by atoms with Crippen LogP contribution in [0.5, 0.6) is 11.5 Å². The molecular weight excluding hydrogens is 360 g/mol. The normalized spacial score (nSPS) is 17.3. The summed E-state index contributed by atoms with van der Waals surface area (Å²) in [6.07, 6.45) is 3.59. The molecule has 0 bridgehead atoms. The van der Waals surface area contributed by atoms with Gasteiger partial charge in [0.25, 0.3) is 0 Å². The zero-order chi connectivity index (χ0) is 18.2. The molecule has 1 aromatic carbocycles. The van der Waals surface area contributed by atoms with E-state index in [1.165, 1.54) is 0 Å². The first-order valence-corrected chi connectivity index (χ1v) is 9.54. The van der Waals surface area contributed by atoms with Gasteiger partial charge in [-0.3, -0.25) is 14.7 Å². The fourth-order valence-corrected chi connectivity index (χ4v) is 3.98. The average Bonchev–Trinajstić information content (AvgIpc) is 3.32. The van der Waals surface area contributed by atoms with Crippen LogP contribution < -0.4 is 9.47 Å². The lowest BCUT2D eigenvalue weighted by molar-refractivity contribution is 0.0861. The maximum atomic E-state index is 12.7. The topological polar surface area (TPSA) is 51.7 Å². The Morgan fingerprint density at radius 1 is 1.19 bits per heavy atom. The van der Waals surface area contributed by atoms with Crippen molar-refractivity contribution in [1.82, 2.24) is 9.88 Å². The lowest BCUT2D eigenvalue weighted by Gasteiger charge is -2.29. The highest BCUT2D eigenvalue weighted by Gasteiger charge is 2.33. The molecule has 0 saturated heterocycles. The molecule has 27 heavy (non-hydrogen) atoms. The zero-order valence-electron chi connectivity index (χ0n) is 14.4. The summed E-state index contributed by atoms with van der Waals surface area (Å²) in [7, 11) is 0. The molecule has 2 aliphatic heterocycles. The Labute approximate surface area is 160 Å². The van der Waals surface area contributed by atoms with E-state index in [2.05, 4.69) is 9.88 Å². The van der Waals surface area contributed by atoms with E-state index in [-0.39, 0.29) is 5.78 Å². The Balaban J connectivity index is 1.44. The molecule has 0 radical (unpaired) electrons. The van der Waals surface area contributed by atoms with E-state index in [0.29, 0.717) is 36.9 Å². The summed E-state index contributed by atoms with van der Waals surface area (Å²) in [5.41, 5.74) is 2.49. The third-order valence-corrected chi connectivity index (χ3v) is 5.43. The van der Waals surface area contributed by atoms with Crippen LogP contribution in [0.1, 0.15) is 26.5 Å². The van der Waals surface area contributed by atoms with E-state index in [1.807, 2.05) is 41.8 Å². The van der Waals surface area contributed by atoms with Gasteiger partial charge in [0.15, 0.2) is 5.76 Å². The first-order chi connectivity index (χ1) is 13.3. The van der Waals surface area contributed by atoms with E-state index < -0.39 is 0 Å². The number of Topliss-reactive ketones (excluding diaryl/α,β-unsaturated/α-hetero) is 1. The molecule has 5 rings (SSSR count). The molecule has 6 heteroatoms. The van der Waals surface area contributed by atoms with E-state index in [9.17, 15) is 4.79 Å². The Morgan fingerprint density at radius 3 is 2.96 bits per heavy atom. The van der Waals surface area contributed by atoms with Crippen molar-refractivity contribution in [2.45, 2.75) is 13.1 Å². The van der Waals surface area contributed by atoms with Crippen LogP contribution in [0.15, 0.2) is 59.8 Å². The summed E-state index contributed by atoms with van der Waals surface area (Å²) in [6.45, 7) is 1.80. The molecule has 3 aromatic rings. The lowest BCUT2D eigenvalue weighted by atomic mass is 10.0. The van der Waals surface area contributed by atoms with Gasteiger partial charge >= 0.3 is 0 Å². The summed E-state index contributed by atoms with van der Waals surface area (Å²) in [5.74, 6) is 1.67. The van der Waals surface area contributed by atoms with Gasteiger partial charge in [0.05, 0.1) is 16.8 Å². The molecule has 0 fully saturated rings. The fraction of sp³-hybridized carbons (Fsp3) is 0.143. The summed E-state index contributed by atoms with van der Waals surface area (Å²) in [6, 6.07) is 13.4. The van der Waals surface area contributed by atoms with Gasteiger partial charge in [0, 0.05) is 30.2 Å². The quantitative estimate of drug-likeness (QED) is 0.644. The number of hydrogen-bond donors (Lipinski definition) is 0. The van der Waals surface area contributed by atoms with Gasteiger partial charge in [0.2, 0.25) is 5.78 Å². The van der Waals surface area contributed by atoms with Gasteiger partial charge in [-0.15, -0.1) is 11.3 Å². The van der Waals surface area contributed by atoms with Gasteiger partial charge in [0.1, 0.15) is 18.2 Å². The van der Waals surface area contributed by atoms with E-state index >= 15 is 0 Å². The Bertz CT molecular complexity index is 1030. The minimum absolute atomic E-state index is 0.0805. The number of rotatable bonds is 3. The maximum absolute atomic E-state index is 12.7. The number of benzene rings is 1. The maximum Gasteiger partial charge on any atom is 0.232 e. The highest BCUT2D eigenvalue weighted by atomic mass is 32.1. The molecule has 4 heterocycles. The van der Waals surface area contributed by atoms with Crippen LogP contribution in [-0.2, 0) is 13.1 Å². The lowest BCUT2D eigenvalue weighted by Crippen LogP contribution is -2.32. The van der Waals surface area contributed by atoms with Crippen molar-refractivity contribution in [3.05, 3.63) is 81.5 Å². The van der Waals surface area contributed by atoms with Crippen molar-refractivity contribution in [3.63, 3.8) is 0 Å². The molecule has 0 N–H and O–H groups in total. The smallest absolute Gasteiger partial charge is 0.232 e. The second kappa shape index (κ2) is 6.64. The van der Waals surface area contributed by atoms with Crippen molar-refractivity contribution >= 4 is 23.2 Å². The van der Waals surface area contributed by atoms with Crippen molar-refractivity contribution in [3.8, 4) is 11.5 Å². The fourth-order valence-electron chi connectivity index (χ4n) is 3.33. The average molecular weight is 376 g/mol. The van der Waals surface area contributed by atoms with Gasteiger partial charge in [-0.25, -0.2) is 0 Å². The molecule has 2 aliphatic rings. The predicted molar refractivity (Wildman–Crippen MR) is 103 cm³/mol. The van der Waals surface area contributed by atoms with E-state index in [0.717, 1.165) is 21.9 Å². The number of hydrogen-bond acceptors (Lipinski definition) is 6. The largest absolute Gasteiger partial charge is 0.478 e. The SMILES string of the molecule is O=C1/C(=C/c2cccs2)Oc2c1ccc1c2CN(Cc2ccccn2)CO1. The minimum Gasteiger partial charge on any atom is -0.478 e. The van der Waals surface area contributed by atoms with Gasteiger partial charge in [-0.05, 0) is 35.7 Å². The Kier molecular flexibility index (Phi) is 3.99. The van der Waals surface area contributed by atoms with Crippen molar-refractivity contribution in [1.29, 1.82) is 0 Å². The first-order valence-electron chi connectivity index (χ1n) is 8.66. The van der Waals surface area contributed by atoms with Crippen LogP contribution in [0.2, 0.25) is 0 Å². The number of allylic oxidation sites excluding steroid dienone is 1. The molecule has 134 valence electrons. The molecule has 0 atom stereocenters. The Hall–Kier alpha value is -2.96. The number of ketones is 1. The monoisotopic (exact) mass is 376 g/mol. The summed E-state index contributed by atoms with van der Waals surface area (Å²) in [5, 5.41) is 1.98. The van der Waals surface area contributed by atoms with E-state index in [1.54, 1.807) is 29.7 Å². The van der Waals surface area contributed by atoms with Crippen LogP contribution in [0.4, 0.5) is 0 Å².